The molecule has 0 aromatic heterocycles. The summed E-state index contributed by atoms with van der Waals surface area (Å²) in [5.74, 6) is -2.32. The zero-order valence-electron chi connectivity index (χ0n) is 27.0. The number of nitrogens with one attached hydrogen (secondary N) is 3. The van der Waals surface area contributed by atoms with E-state index < -0.39 is 43.1 Å². The molecule has 256 valence electrons. The van der Waals surface area contributed by atoms with Crippen molar-refractivity contribution < 1.29 is 33.4 Å². The van der Waals surface area contributed by atoms with Crippen molar-refractivity contribution in [2.45, 2.75) is 31.8 Å². The van der Waals surface area contributed by atoms with E-state index in [0.29, 0.717) is 6.29 Å². The number of methoxy groups -OCH3 is 1. The predicted molar refractivity (Wildman–Crippen MR) is 194 cm³/mol. The maximum atomic E-state index is 13.2. The number of carbonyl (C=O) groups is 5. The van der Waals surface area contributed by atoms with Crippen LogP contribution in [0, 0.1) is 0 Å². The normalized spacial score (nSPS) is 12.2. The molecule has 0 radical (unpaired) electrons. The first-order chi connectivity index (χ1) is 23.2. The molecule has 0 spiro atoms. The summed E-state index contributed by atoms with van der Waals surface area (Å²) in [6.45, 7) is 1.45. The molecule has 14 heteroatoms. The second-order valence-electron chi connectivity index (χ2n) is 10.4. The van der Waals surface area contributed by atoms with Crippen molar-refractivity contribution in [3.05, 3.63) is 91.0 Å². The van der Waals surface area contributed by atoms with Crippen molar-refractivity contribution in [3.8, 4) is 0 Å². The van der Waals surface area contributed by atoms with Gasteiger partial charge in [-0.05, 0) is 49.7 Å². The Morgan fingerprint density at radius 3 is 1.83 bits per heavy atom. The zero-order valence-corrected chi connectivity index (χ0v) is 29.5. The molecule has 3 aromatic carbocycles. The Labute approximate surface area is 289 Å². The molecule has 48 heavy (non-hydrogen) atoms. The molecule has 11 nitrogen and oxygen atoms in total. The quantitative estimate of drug-likeness (QED) is 0.0624. The number of nitrogens with two attached hydrogens (primary N) is 1. The first-order valence-electron chi connectivity index (χ1n) is 15.3. The van der Waals surface area contributed by atoms with E-state index in [4.69, 9.17) is 10.5 Å². The van der Waals surface area contributed by atoms with Crippen LogP contribution in [-0.4, -0.2) is 79.8 Å². The van der Waals surface area contributed by atoms with Gasteiger partial charge in [-0.3, -0.25) is 24.0 Å². The summed E-state index contributed by atoms with van der Waals surface area (Å²) in [6.07, 6.45) is 0.321. The van der Waals surface area contributed by atoms with E-state index in [1.54, 1.807) is 6.92 Å². The third-order valence-electron chi connectivity index (χ3n) is 7.16. The highest BCUT2D eigenvalue weighted by Crippen LogP contribution is 2.54. The van der Waals surface area contributed by atoms with Gasteiger partial charge in [0.2, 0.25) is 17.7 Å². The molecule has 5 N–H and O–H groups in total. The summed E-state index contributed by atoms with van der Waals surface area (Å²) < 4.78 is 9.44. The van der Waals surface area contributed by atoms with E-state index in [0.717, 1.165) is 15.9 Å². The van der Waals surface area contributed by atoms with Crippen LogP contribution >= 0.6 is 28.9 Å². The lowest BCUT2D eigenvalue weighted by atomic mass is 10.1. The minimum atomic E-state index is -2.26. The van der Waals surface area contributed by atoms with Gasteiger partial charge in [-0.2, -0.15) is 0 Å². The number of rotatable bonds is 19. The molecule has 2 atom stereocenters. The van der Waals surface area contributed by atoms with Crippen molar-refractivity contribution in [2.24, 2.45) is 5.73 Å². The molecule has 0 heterocycles. The summed E-state index contributed by atoms with van der Waals surface area (Å²) in [7, 11) is 1.42. The average Bonchev–Trinajstić information content (AvgIpc) is 3.12. The van der Waals surface area contributed by atoms with Crippen LogP contribution in [0.2, 0.25) is 0 Å². The van der Waals surface area contributed by atoms with Crippen molar-refractivity contribution in [1.29, 1.82) is 0 Å². The summed E-state index contributed by atoms with van der Waals surface area (Å²) in [6, 6.07) is 28.6. The van der Waals surface area contributed by atoms with Gasteiger partial charge < -0.3 is 31.2 Å². The molecule has 0 aliphatic rings. The van der Waals surface area contributed by atoms with Crippen LogP contribution < -0.4 is 37.6 Å². The molecule has 0 bridgehead atoms. The highest BCUT2D eigenvalue weighted by atomic mass is 33.1. The van der Waals surface area contributed by atoms with Gasteiger partial charge in [-0.25, -0.2) is 0 Å². The summed E-state index contributed by atoms with van der Waals surface area (Å²) >= 11 is 0. The molecule has 3 rings (SSSR count). The highest BCUT2D eigenvalue weighted by molar-refractivity contribution is 8.76. The van der Waals surface area contributed by atoms with Gasteiger partial charge in [-0.1, -0.05) is 76.2 Å². The summed E-state index contributed by atoms with van der Waals surface area (Å²) in [4.78, 5) is 62.1. The molecule has 3 amide bonds. The van der Waals surface area contributed by atoms with Crippen LogP contribution in [0.25, 0.3) is 0 Å². The van der Waals surface area contributed by atoms with Gasteiger partial charge in [0.15, 0.2) is 0 Å². The number of benzene rings is 3. The fourth-order valence-electron chi connectivity index (χ4n) is 4.74. The van der Waals surface area contributed by atoms with Gasteiger partial charge in [0.05, 0.1) is 19.5 Å². The van der Waals surface area contributed by atoms with Crippen molar-refractivity contribution in [3.63, 3.8) is 0 Å². The number of hydrogen-bond acceptors (Lipinski definition) is 10. The topological polar surface area (TPSA) is 166 Å². The SMILES string of the molecule is CCOC(=O)CNC(=O)[C@H](CSSCC(=O)NC[P+](c1ccccc1)(c1ccccc1)c1ccccc1)NC(=O)CC[C@H](N)C(=O)OC. The van der Waals surface area contributed by atoms with Gasteiger partial charge in [-0.15, -0.1) is 0 Å². The van der Waals surface area contributed by atoms with E-state index in [-0.39, 0.29) is 43.4 Å². The number of carbonyl (C=O) groups excluding carboxylic acids is 5. The first kappa shape index (κ1) is 38.5. The molecule has 0 saturated carbocycles. The Bertz CT molecular complexity index is 1390. The summed E-state index contributed by atoms with van der Waals surface area (Å²) in [5, 5.41) is 11.7. The van der Waals surface area contributed by atoms with Gasteiger partial charge in [0.25, 0.3) is 0 Å². The van der Waals surface area contributed by atoms with Crippen LogP contribution in [0.3, 0.4) is 0 Å². The standard InChI is InChI=1S/C34H41N4O7PS2/c1-3-45-32(41)21-36-33(42)29(38-30(39)20-19-28(35)34(43)44-2)22-47-48-23-31(40)37-24-46(25-13-7-4-8-14-25,26-15-9-5-10-16-26)27-17-11-6-12-18-27/h4-18,28-29H,3,19-24,35H2,1-2H3,(H2-,36,37,38,39,40,42)/p+1/t28-,29-/m0/s1. The zero-order chi connectivity index (χ0) is 34.8. The monoisotopic (exact) mass is 713 g/mol. The van der Waals surface area contributed by atoms with Gasteiger partial charge in [0, 0.05) is 12.2 Å². The van der Waals surface area contributed by atoms with Crippen LogP contribution in [0.1, 0.15) is 19.8 Å². The Morgan fingerprint density at radius 1 is 0.792 bits per heavy atom. The minimum Gasteiger partial charge on any atom is -0.468 e. The fraction of sp³-hybridized carbons (Fsp3) is 0.324. The Morgan fingerprint density at radius 2 is 1.33 bits per heavy atom. The largest absolute Gasteiger partial charge is 0.468 e. The van der Waals surface area contributed by atoms with E-state index in [1.807, 2.05) is 54.6 Å². The van der Waals surface area contributed by atoms with E-state index >= 15 is 0 Å². The maximum absolute atomic E-state index is 13.2. The van der Waals surface area contributed by atoms with E-state index in [2.05, 4.69) is 57.1 Å². The Balaban J connectivity index is 1.65. The molecule has 3 aromatic rings. The Kier molecular flexibility index (Phi) is 16.4. The number of hydrogen-bond donors (Lipinski definition) is 4. The molecule has 0 fully saturated rings. The average molecular weight is 714 g/mol. The number of ether oxygens (including phenoxy) is 2. The van der Waals surface area contributed by atoms with Crippen molar-refractivity contribution in [1.82, 2.24) is 16.0 Å². The fourth-order valence-corrected chi connectivity index (χ4v) is 10.7. The molecular weight excluding hydrogens is 672 g/mol. The van der Waals surface area contributed by atoms with Crippen LogP contribution in [0.15, 0.2) is 91.0 Å². The molecule has 0 aliphatic carbocycles. The van der Waals surface area contributed by atoms with E-state index in [9.17, 15) is 24.0 Å². The lowest BCUT2D eigenvalue weighted by Crippen LogP contribution is -2.49. The molecule has 0 unspecified atom stereocenters. The summed E-state index contributed by atoms with van der Waals surface area (Å²) in [5.41, 5.74) is 5.72. The van der Waals surface area contributed by atoms with Crippen LogP contribution in [0.4, 0.5) is 0 Å². The maximum Gasteiger partial charge on any atom is 0.325 e. The van der Waals surface area contributed by atoms with Crippen LogP contribution in [-0.2, 0) is 33.4 Å². The lowest BCUT2D eigenvalue weighted by molar-refractivity contribution is -0.143. The Hall–Kier alpha value is -3.90. The predicted octanol–water partition coefficient (Wildman–Crippen LogP) is 1.88. The lowest BCUT2D eigenvalue weighted by Gasteiger charge is -2.27. The number of esters is 2. The minimum absolute atomic E-state index is 0.0246. The second kappa shape index (κ2) is 20.5. The molecule has 0 saturated heterocycles. The number of amides is 3. The second-order valence-corrected chi connectivity index (χ2v) is 16.4. The molecular formula is C34H42N4O7PS2+. The smallest absolute Gasteiger partial charge is 0.325 e. The van der Waals surface area contributed by atoms with Gasteiger partial charge >= 0.3 is 11.9 Å². The van der Waals surface area contributed by atoms with Crippen molar-refractivity contribution in [2.75, 3.05) is 38.1 Å². The van der Waals surface area contributed by atoms with Crippen molar-refractivity contribution >= 4 is 74.4 Å². The molecule has 0 aliphatic heterocycles. The highest BCUT2D eigenvalue weighted by Gasteiger charge is 2.45. The van der Waals surface area contributed by atoms with Crippen LogP contribution in [0.5, 0.6) is 0 Å². The first-order valence-corrected chi connectivity index (χ1v) is 19.8. The third-order valence-corrected chi connectivity index (χ3v) is 13.6. The van der Waals surface area contributed by atoms with E-state index in [1.165, 1.54) is 28.7 Å². The van der Waals surface area contributed by atoms with Gasteiger partial charge in [0.1, 0.15) is 48.1 Å². The third kappa shape index (κ3) is 11.7.